The van der Waals surface area contributed by atoms with Crippen molar-refractivity contribution < 1.29 is 13.2 Å². The molecule has 1 heterocycles. The molecule has 1 aliphatic heterocycles. The zero-order valence-electron chi connectivity index (χ0n) is 11.3. The van der Waals surface area contributed by atoms with E-state index in [9.17, 15) is 8.42 Å². The summed E-state index contributed by atoms with van der Waals surface area (Å²) in [6.07, 6.45) is 2.95. The summed E-state index contributed by atoms with van der Waals surface area (Å²) in [4.78, 5) is 0. The lowest BCUT2D eigenvalue weighted by Gasteiger charge is -2.35. The summed E-state index contributed by atoms with van der Waals surface area (Å²) in [6, 6.07) is 0.0717. The van der Waals surface area contributed by atoms with E-state index in [0.29, 0.717) is 13.2 Å². The topological polar surface area (TPSA) is 49.9 Å². The molecule has 1 aliphatic rings. The maximum absolute atomic E-state index is 12.4. The second-order valence-electron chi connectivity index (χ2n) is 4.80. The summed E-state index contributed by atoms with van der Waals surface area (Å²) in [5, 5.41) is -0.324. The predicted octanol–water partition coefficient (Wildman–Crippen LogP) is 1.29. The third kappa shape index (κ3) is 4.06. The molecular formula is C11H23ClN2O3S. The maximum Gasteiger partial charge on any atom is 0.282 e. The first kappa shape index (κ1) is 16.2. The van der Waals surface area contributed by atoms with E-state index in [2.05, 4.69) is 0 Å². The summed E-state index contributed by atoms with van der Waals surface area (Å²) in [7, 11) is -0.275. The number of hydrogen-bond acceptors (Lipinski definition) is 3. The van der Waals surface area contributed by atoms with Crippen LogP contribution in [0.3, 0.4) is 0 Å². The van der Waals surface area contributed by atoms with E-state index in [1.165, 1.54) is 4.31 Å². The second-order valence-corrected chi connectivity index (χ2v) is 7.40. The largest absolute Gasteiger partial charge is 0.383 e. The quantitative estimate of drug-likeness (QED) is 0.694. The molecule has 0 N–H and O–H groups in total. The number of rotatable bonds is 6. The molecule has 7 heteroatoms. The van der Waals surface area contributed by atoms with E-state index >= 15 is 0 Å². The molecule has 0 saturated carbocycles. The number of methoxy groups -OCH3 is 1. The number of alkyl halides is 1. The summed E-state index contributed by atoms with van der Waals surface area (Å²) < 4.78 is 32.6. The van der Waals surface area contributed by atoms with Gasteiger partial charge in [-0.25, -0.2) is 0 Å². The van der Waals surface area contributed by atoms with Crippen LogP contribution in [0.2, 0.25) is 0 Å². The van der Waals surface area contributed by atoms with Crippen molar-refractivity contribution in [3.63, 3.8) is 0 Å². The molecule has 0 radical (unpaired) electrons. The van der Waals surface area contributed by atoms with Gasteiger partial charge in [0.25, 0.3) is 10.2 Å². The Hall–Kier alpha value is 0.120. The molecule has 0 amide bonds. The molecule has 1 fully saturated rings. The number of nitrogens with zero attached hydrogens (tertiary/aromatic N) is 2. The molecule has 0 bridgehead atoms. The van der Waals surface area contributed by atoms with Crippen LogP contribution in [0.15, 0.2) is 0 Å². The van der Waals surface area contributed by atoms with E-state index in [-0.39, 0.29) is 18.0 Å². The van der Waals surface area contributed by atoms with Gasteiger partial charge in [0.05, 0.1) is 12.0 Å². The van der Waals surface area contributed by atoms with E-state index in [0.717, 1.165) is 19.3 Å². The van der Waals surface area contributed by atoms with Crippen LogP contribution in [0.4, 0.5) is 0 Å². The lowest BCUT2D eigenvalue weighted by Crippen LogP contribution is -2.49. The molecular weight excluding hydrogens is 276 g/mol. The van der Waals surface area contributed by atoms with Gasteiger partial charge >= 0.3 is 0 Å². The number of halogens is 1. The first-order chi connectivity index (χ1) is 8.39. The smallest absolute Gasteiger partial charge is 0.282 e. The lowest BCUT2D eigenvalue weighted by atomic mass is 10.1. The van der Waals surface area contributed by atoms with Crippen molar-refractivity contribution in [2.75, 3.05) is 33.9 Å². The lowest BCUT2D eigenvalue weighted by molar-refractivity contribution is 0.189. The van der Waals surface area contributed by atoms with Gasteiger partial charge < -0.3 is 4.74 Å². The fourth-order valence-electron chi connectivity index (χ4n) is 2.20. The number of hydrogen-bond donors (Lipinski definition) is 0. The van der Waals surface area contributed by atoms with Crippen molar-refractivity contribution in [3.05, 3.63) is 0 Å². The van der Waals surface area contributed by atoms with Gasteiger partial charge in [0.15, 0.2) is 0 Å². The van der Waals surface area contributed by atoms with Gasteiger partial charge in [-0.2, -0.15) is 17.0 Å². The summed E-state index contributed by atoms with van der Waals surface area (Å²) in [5.41, 5.74) is 0. The third-order valence-corrected chi connectivity index (χ3v) is 5.57. The van der Waals surface area contributed by atoms with E-state index in [1.54, 1.807) is 18.5 Å². The van der Waals surface area contributed by atoms with Crippen molar-refractivity contribution in [2.45, 2.75) is 37.6 Å². The average Bonchev–Trinajstić information content (AvgIpc) is 2.29. The highest BCUT2D eigenvalue weighted by molar-refractivity contribution is 7.86. The predicted molar refractivity (Wildman–Crippen MR) is 73.1 cm³/mol. The Morgan fingerprint density at radius 3 is 2.72 bits per heavy atom. The molecule has 5 nitrogen and oxygen atoms in total. The molecule has 0 aromatic carbocycles. The molecule has 2 atom stereocenters. The minimum absolute atomic E-state index is 0.0717. The molecule has 0 aromatic heterocycles. The SMILES string of the molecule is COCC(Cl)CN(C)S(=O)(=O)N1CCCCC1C. The normalized spacial score (nSPS) is 24.4. The van der Waals surface area contributed by atoms with Crippen LogP contribution in [0.25, 0.3) is 0 Å². The third-order valence-electron chi connectivity index (χ3n) is 3.23. The fraction of sp³-hybridized carbons (Fsp3) is 1.00. The van der Waals surface area contributed by atoms with Gasteiger partial charge in [-0.05, 0) is 19.8 Å². The zero-order valence-corrected chi connectivity index (χ0v) is 12.9. The summed E-state index contributed by atoms with van der Waals surface area (Å²) in [5.74, 6) is 0. The van der Waals surface area contributed by atoms with Crippen LogP contribution in [0.1, 0.15) is 26.2 Å². The van der Waals surface area contributed by atoms with Gasteiger partial charge in [-0.15, -0.1) is 11.6 Å². The highest BCUT2D eigenvalue weighted by atomic mass is 35.5. The van der Waals surface area contributed by atoms with Crippen LogP contribution in [0, 0.1) is 0 Å². The number of ether oxygens (including phenoxy) is 1. The van der Waals surface area contributed by atoms with Crippen LogP contribution < -0.4 is 0 Å². The highest BCUT2D eigenvalue weighted by Gasteiger charge is 2.33. The van der Waals surface area contributed by atoms with Crippen LogP contribution >= 0.6 is 11.6 Å². The monoisotopic (exact) mass is 298 g/mol. The Labute approximate surface area is 115 Å². The minimum Gasteiger partial charge on any atom is -0.383 e. The van der Waals surface area contributed by atoms with Crippen LogP contribution in [0.5, 0.6) is 0 Å². The minimum atomic E-state index is -3.40. The Bertz CT molecular complexity index is 350. The average molecular weight is 299 g/mol. The molecule has 2 unspecified atom stereocenters. The van der Waals surface area contributed by atoms with Gasteiger partial charge in [0.1, 0.15) is 0 Å². The van der Waals surface area contributed by atoms with E-state index in [4.69, 9.17) is 16.3 Å². The Morgan fingerprint density at radius 1 is 1.50 bits per heavy atom. The Kier molecular flexibility index (Phi) is 6.34. The van der Waals surface area contributed by atoms with Gasteiger partial charge in [0.2, 0.25) is 0 Å². The zero-order chi connectivity index (χ0) is 13.8. The van der Waals surface area contributed by atoms with Crippen molar-refractivity contribution in [2.24, 2.45) is 0 Å². The molecule has 18 heavy (non-hydrogen) atoms. The molecule has 1 saturated heterocycles. The highest BCUT2D eigenvalue weighted by Crippen LogP contribution is 2.22. The summed E-state index contributed by atoms with van der Waals surface area (Å²) in [6.45, 7) is 3.17. The maximum atomic E-state index is 12.4. The first-order valence-electron chi connectivity index (χ1n) is 6.25. The van der Waals surface area contributed by atoms with Crippen molar-refractivity contribution >= 4 is 21.8 Å². The fourth-order valence-corrected chi connectivity index (χ4v) is 4.26. The Balaban J connectivity index is 2.66. The van der Waals surface area contributed by atoms with Crippen LogP contribution in [-0.2, 0) is 14.9 Å². The van der Waals surface area contributed by atoms with Crippen molar-refractivity contribution in [3.8, 4) is 0 Å². The number of piperidine rings is 1. The van der Waals surface area contributed by atoms with Crippen molar-refractivity contribution in [1.29, 1.82) is 0 Å². The molecule has 1 rings (SSSR count). The van der Waals surface area contributed by atoms with E-state index < -0.39 is 10.2 Å². The molecule has 0 spiro atoms. The first-order valence-corrected chi connectivity index (χ1v) is 8.09. The summed E-state index contributed by atoms with van der Waals surface area (Å²) >= 11 is 6.01. The standard InChI is InChI=1S/C11H23ClN2O3S/c1-10-6-4-5-7-14(10)18(15,16)13(2)8-11(12)9-17-3/h10-11H,4-9H2,1-3H3. The van der Waals surface area contributed by atoms with Gasteiger partial charge in [-0.3, -0.25) is 0 Å². The molecule has 0 aromatic rings. The Morgan fingerprint density at radius 2 is 2.17 bits per heavy atom. The van der Waals surface area contributed by atoms with E-state index in [1.807, 2.05) is 6.92 Å². The van der Waals surface area contributed by atoms with Crippen LogP contribution in [-0.4, -0.2) is 62.3 Å². The van der Waals surface area contributed by atoms with Gasteiger partial charge in [0, 0.05) is 33.3 Å². The van der Waals surface area contributed by atoms with Gasteiger partial charge in [-0.1, -0.05) is 6.42 Å². The molecule has 0 aliphatic carbocycles. The molecule has 108 valence electrons. The second kappa shape index (κ2) is 7.05. The van der Waals surface area contributed by atoms with Crippen molar-refractivity contribution in [1.82, 2.24) is 8.61 Å².